The predicted molar refractivity (Wildman–Crippen MR) is 64.7 cm³/mol. The lowest BCUT2D eigenvalue weighted by molar-refractivity contribution is 0.101. The molecule has 88 valence electrons. The Morgan fingerprint density at radius 1 is 1.47 bits per heavy atom. The Bertz CT molecular complexity index is 539. The molecule has 0 bridgehead atoms. The van der Waals surface area contributed by atoms with Crippen LogP contribution in [-0.4, -0.2) is 21.1 Å². The van der Waals surface area contributed by atoms with E-state index in [9.17, 15) is 9.18 Å². The van der Waals surface area contributed by atoms with Gasteiger partial charge in [0.2, 0.25) is 0 Å². The zero-order valence-electron chi connectivity index (χ0n) is 9.26. The van der Waals surface area contributed by atoms with Crippen LogP contribution in [0.1, 0.15) is 10.4 Å². The molecule has 0 atom stereocenters. The van der Waals surface area contributed by atoms with Gasteiger partial charge in [-0.15, -0.1) is 0 Å². The molecule has 0 saturated carbocycles. The van der Waals surface area contributed by atoms with Crippen molar-refractivity contribution in [3.05, 3.63) is 48.0 Å². The van der Waals surface area contributed by atoms with Gasteiger partial charge in [0.05, 0.1) is 11.3 Å². The second-order valence-corrected chi connectivity index (χ2v) is 4.45. The van der Waals surface area contributed by atoms with Gasteiger partial charge in [0.25, 0.3) is 0 Å². The molecule has 17 heavy (non-hydrogen) atoms. The zero-order valence-corrected chi connectivity index (χ0v) is 10.1. The number of aromatic nitrogens is 2. The van der Waals surface area contributed by atoms with Crippen LogP contribution in [0.15, 0.2) is 41.8 Å². The van der Waals surface area contributed by atoms with E-state index in [1.165, 1.54) is 23.9 Å². The van der Waals surface area contributed by atoms with Gasteiger partial charge in [0.15, 0.2) is 10.9 Å². The number of hydrogen-bond acceptors (Lipinski definition) is 3. The first-order chi connectivity index (χ1) is 8.18. The van der Waals surface area contributed by atoms with Crippen molar-refractivity contribution in [1.82, 2.24) is 9.55 Å². The number of Topliss-reactive ketones (excluding diaryl/α,β-unsaturated/α-hetero) is 1. The summed E-state index contributed by atoms with van der Waals surface area (Å²) in [5.41, 5.74) is 0.134. The lowest BCUT2D eigenvalue weighted by Gasteiger charge is -2.02. The number of carbonyl (C=O) groups is 1. The molecule has 0 spiro atoms. The summed E-state index contributed by atoms with van der Waals surface area (Å²) in [4.78, 5) is 15.9. The van der Waals surface area contributed by atoms with Gasteiger partial charge in [-0.3, -0.25) is 4.79 Å². The quantitative estimate of drug-likeness (QED) is 0.618. The monoisotopic (exact) mass is 250 g/mol. The minimum Gasteiger partial charge on any atom is -0.329 e. The molecule has 0 fully saturated rings. The molecule has 0 aliphatic rings. The number of halogens is 1. The highest BCUT2D eigenvalue weighted by Crippen LogP contribution is 2.17. The molecule has 0 aliphatic heterocycles. The number of thioether (sulfide) groups is 1. The molecular formula is C12H11FN2OS. The van der Waals surface area contributed by atoms with Crippen molar-refractivity contribution in [3.63, 3.8) is 0 Å². The van der Waals surface area contributed by atoms with Crippen molar-refractivity contribution >= 4 is 17.5 Å². The molecule has 0 unspecified atom stereocenters. The predicted octanol–water partition coefficient (Wildman–Crippen LogP) is 2.53. The van der Waals surface area contributed by atoms with Crippen LogP contribution in [-0.2, 0) is 7.05 Å². The van der Waals surface area contributed by atoms with Crippen LogP contribution in [0, 0.1) is 5.82 Å². The van der Waals surface area contributed by atoms with E-state index in [2.05, 4.69) is 4.98 Å². The minimum atomic E-state index is -0.474. The highest BCUT2D eigenvalue weighted by Gasteiger charge is 2.12. The number of rotatable bonds is 4. The van der Waals surface area contributed by atoms with Crippen molar-refractivity contribution in [2.45, 2.75) is 5.16 Å². The highest BCUT2D eigenvalue weighted by atomic mass is 32.2. The smallest absolute Gasteiger partial charge is 0.176 e. The van der Waals surface area contributed by atoms with Crippen molar-refractivity contribution in [1.29, 1.82) is 0 Å². The lowest BCUT2D eigenvalue weighted by Crippen LogP contribution is -2.05. The van der Waals surface area contributed by atoms with E-state index in [4.69, 9.17) is 0 Å². The molecule has 0 saturated heterocycles. The largest absolute Gasteiger partial charge is 0.329 e. The maximum atomic E-state index is 13.3. The molecule has 1 aromatic carbocycles. The van der Waals surface area contributed by atoms with Crippen LogP contribution in [0.3, 0.4) is 0 Å². The Kier molecular flexibility index (Phi) is 3.58. The van der Waals surface area contributed by atoms with Gasteiger partial charge in [0, 0.05) is 19.4 Å². The highest BCUT2D eigenvalue weighted by molar-refractivity contribution is 7.99. The Labute approximate surface area is 103 Å². The molecule has 2 aromatic rings. The molecule has 0 N–H and O–H groups in total. The summed E-state index contributed by atoms with van der Waals surface area (Å²) in [5, 5.41) is 0.745. The fourth-order valence-corrected chi connectivity index (χ4v) is 2.20. The van der Waals surface area contributed by atoms with Crippen LogP contribution in [0.2, 0.25) is 0 Å². The summed E-state index contributed by atoms with van der Waals surface area (Å²) < 4.78 is 15.2. The van der Waals surface area contributed by atoms with Crippen LogP contribution in [0.5, 0.6) is 0 Å². The van der Waals surface area contributed by atoms with Crippen LogP contribution in [0.25, 0.3) is 0 Å². The number of imidazole rings is 1. The van der Waals surface area contributed by atoms with Crippen LogP contribution >= 0.6 is 11.8 Å². The molecule has 1 heterocycles. The van der Waals surface area contributed by atoms with E-state index in [1.54, 1.807) is 24.5 Å². The topological polar surface area (TPSA) is 34.9 Å². The zero-order chi connectivity index (χ0) is 12.3. The van der Waals surface area contributed by atoms with Crippen molar-refractivity contribution in [3.8, 4) is 0 Å². The molecule has 3 nitrogen and oxygen atoms in total. The molecule has 2 rings (SSSR count). The fourth-order valence-electron chi connectivity index (χ4n) is 1.39. The minimum absolute atomic E-state index is 0.134. The SMILES string of the molecule is Cn1ccnc1SCC(=O)c1ccccc1F. The van der Waals surface area contributed by atoms with E-state index in [0.717, 1.165) is 5.16 Å². The average molecular weight is 250 g/mol. The van der Waals surface area contributed by atoms with E-state index in [-0.39, 0.29) is 17.1 Å². The molecule has 0 radical (unpaired) electrons. The summed E-state index contributed by atoms with van der Waals surface area (Å²) in [6.07, 6.45) is 3.46. The standard InChI is InChI=1S/C12H11FN2OS/c1-15-7-6-14-12(15)17-8-11(16)9-4-2-3-5-10(9)13/h2-7H,8H2,1H3. The van der Waals surface area contributed by atoms with E-state index in [1.807, 2.05) is 11.6 Å². The Balaban J connectivity index is 2.04. The van der Waals surface area contributed by atoms with E-state index < -0.39 is 5.82 Å². The Hall–Kier alpha value is -1.62. The van der Waals surface area contributed by atoms with Crippen molar-refractivity contribution in [2.24, 2.45) is 7.05 Å². The second-order valence-electron chi connectivity index (χ2n) is 3.51. The molecular weight excluding hydrogens is 239 g/mol. The third-order valence-corrected chi connectivity index (χ3v) is 3.34. The first-order valence-corrected chi connectivity index (χ1v) is 6.05. The second kappa shape index (κ2) is 5.14. The first-order valence-electron chi connectivity index (χ1n) is 5.06. The number of aryl methyl sites for hydroxylation is 1. The number of ketones is 1. The van der Waals surface area contributed by atoms with Crippen LogP contribution in [0.4, 0.5) is 4.39 Å². The maximum Gasteiger partial charge on any atom is 0.176 e. The lowest BCUT2D eigenvalue weighted by atomic mass is 10.1. The Morgan fingerprint density at radius 2 is 2.24 bits per heavy atom. The van der Waals surface area contributed by atoms with Crippen LogP contribution < -0.4 is 0 Å². The molecule has 1 aromatic heterocycles. The molecule has 0 amide bonds. The number of carbonyl (C=O) groups excluding carboxylic acids is 1. The number of hydrogen-bond donors (Lipinski definition) is 0. The third kappa shape index (κ3) is 2.74. The number of nitrogens with zero attached hydrogens (tertiary/aromatic N) is 2. The summed E-state index contributed by atoms with van der Waals surface area (Å²) in [6.45, 7) is 0. The number of benzene rings is 1. The van der Waals surface area contributed by atoms with Gasteiger partial charge in [0.1, 0.15) is 5.82 Å². The van der Waals surface area contributed by atoms with E-state index >= 15 is 0 Å². The fraction of sp³-hybridized carbons (Fsp3) is 0.167. The van der Waals surface area contributed by atoms with E-state index in [0.29, 0.717) is 0 Å². The summed E-state index contributed by atoms with van der Waals surface area (Å²) in [6, 6.07) is 6.01. The van der Waals surface area contributed by atoms with Crippen molar-refractivity contribution < 1.29 is 9.18 Å². The average Bonchev–Trinajstić information content (AvgIpc) is 2.72. The van der Waals surface area contributed by atoms with Gasteiger partial charge in [-0.05, 0) is 12.1 Å². The van der Waals surface area contributed by atoms with Gasteiger partial charge >= 0.3 is 0 Å². The van der Waals surface area contributed by atoms with Gasteiger partial charge in [-0.2, -0.15) is 0 Å². The van der Waals surface area contributed by atoms with Gasteiger partial charge < -0.3 is 4.57 Å². The Morgan fingerprint density at radius 3 is 2.88 bits per heavy atom. The summed E-state index contributed by atoms with van der Waals surface area (Å²) in [5.74, 6) is -0.514. The third-order valence-electron chi connectivity index (χ3n) is 2.28. The van der Waals surface area contributed by atoms with Gasteiger partial charge in [-0.1, -0.05) is 23.9 Å². The van der Waals surface area contributed by atoms with Crippen molar-refractivity contribution in [2.75, 3.05) is 5.75 Å². The van der Waals surface area contributed by atoms with Gasteiger partial charge in [-0.25, -0.2) is 9.37 Å². The normalized spacial score (nSPS) is 10.5. The summed E-state index contributed by atoms with van der Waals surface area (Å²) in [7, 11) is 1.85. The summed E-state index contributed by atoms with van der Waals surface area (Å²) >= 11 is 1.30. The first kappa shape index (κ1) is 11.9. The molecule has 5 heteroatoms. The maximum absolute atomic E-state index is 13.3. The molecule has 0 aliphatic carbocycles.